The molecule has 0 aromatic heterocycles. The minimum absolute atomic E-state index is 0.0913. The van der Waals surface area contributed by atoms with E-state index in [1.54, 1.807) is 0 Å². The van der Waals surface area contributed by atoms with E-state index in [0.29, 0.717) is 25.0 Å². The van der Waals surface area contributed by atoms with E-state index in [-0.39, 0.29) is 5.97 Å². The zero-order chi connectivity index (χ0) is 15.5. The Hall–Kier alpha value is -1.55. The average molecular weight is 302 g/mol. The third kappa shape index (κ3) is 2.98. The maximum atomic E-state index is 11.7. The van der Waals surface area contributed by atoms with Crippen LogP contribution in [0.15, 0.2) is 18.2 Å². The second kappa shape index (κ2) is 6.69. The smallest absolute Gasteiger partial charge is 0.307 e. The summed E-state index contributed by atoms with van der Waals surface area (Å²) in [6, 6.07) is 7.24. The summed E-state index contributed by atoms with van der Waals surface area (Å²) >= 11 is 0. The maximum absolute atomic E-state index is 11.7. The molecule has 0 unspecified atom stereocenters. The van der Waals surface area contributed by atoms with Crippen molar-refractivity contribution in [2.75, 3.05) is 31.1 Å². The number of fused-ring (bicyclic) bond motifs is 3. The second-order valence-corrected chi connectivity index (χ2v) is 6.33. The van der Waals surface area contributed by atoms with Crippen LogP contribution in [0, 0.1) is 6.92 Å². The lowest BCUT2D eigenvalue weighted by atomic mass is 9.92. The molecule has 1 aromatic rings. The molecule has 1 N–H and O–H groups in total. The van der Waals surface area contributed by atoms with Crippen LogP contribution in [0.2, 0.25) is 0 Å². The van der Waals surface area contributed by atoms with Crippen molar-refractivity contribution in [3.8, 4) is 0 Å². The summed E-state index contributed by atoms with van der Waals surface area (Å²) in [6.07, 6.45) is 2.86. The van der Waals surface area contributed by atoms with Crippen LogP contribution in [0.25, 0.3) is 0 Å². The third-order valence-corrected chi connectivity index (χ3v) is 4.84. The van der Waals surface area contributed by atoms with Gasteiger partial charge in [-0.05, 0) is 44.9 Å². The van der Waals surface area contributed by atoms with Crippen LogP contribution in [-0.4, -0.2) is 38.3 Å². The van der Waals surface area contributed by atoms with Gasteiger partial charge in [0.1, 0.15) is 0 Å². The molecule has 0 radical (unpaired) electrons. The van der Waals surface area contributed by atoms with Gasteiger partial charge >= 0.3 is 5.97 Å². The van der Waals surface area contributed by atoms with Crippen LogP contribution >= 0.6 is 0 Å². The molecule has 1 saturated heterocycles. The number of rotatable bonds is 4. The molecular weight excluding hydrogens is 276 g/mol. The van der Waals surface area contributed by atoms with Gasteiger partial charge in [-0.1, -0.05) is 17.7 Å². The van der Waals surface area contributed by atoms with Crippen LogP contribution in [0.1, 0.15) is 43.2 Å². The van der Waals surface area contributed by atoms with Gasteiger partial charge in [-0.15, -0.1) is 0 Å². The number of ether oxygens (including phenoxy) is 1. The highest BCUT2D eigenvalue weighted by Crippen LogP contribution is 2.43. The number of nitrogens with one attached hydrogen (secondary N) is 1. The van der Waals surface area contributed by atoms with Crippen molar-refractivity contribution < 1.29 is 9.53 Å². The fraction of sp³-hybridized carbons (Fsp3) is 0.611. The predicted molar refractivity (Wildman–Crippen MR) is 88.4 cm³/mol. The first-order chi connectivity index (χ1) is 10.7. The number of benzene rings is 1. The molecule has 0 bridgehead atoms. The van der Waals surface area contributed by atoms with Gasteiger partial charge in [0.15, 0.2) is 0 Å². The predicted octanol–water partition coefficient (Wildman–Crippen LogP) is 2.60. The Labute approximate surface area is 132 Å². The highest BCUT2D eigenvalue weighted by atomic mass is 16.5. The van der Waals surface area contributed by atoms with Crippen molar-refractivity contribution in [3.05, 3.63) is 29.3 Å². The fourth-order valence-corrected chi connectivity index (χ4v) is 3.86. The van der Waals surface area contributed by atoms with E-state index in [0.717, 1.165) is 19.6 Å². The van der Waals surface area contributed by atoms with E-state index < -0.39 is 0 Å². The van der Waals surface area contributed by atoms with Gasteiger partial charge in [0, 0.05) is 30.7 Å². The monoisotopic (exact) mass is 302 g/mol. The summed E-state index contributed by atoms with van der Waals surface area (Å²) in [5.74, 6) is 0.450. The Kier molecular flexibility index (Phi) is 4.67. The molecule has 2 aliphatic rings. The Bertz CT molecular complexity index is 544. The molecule has 22 heavy (non-hydrogen) atoms. The van der Waals surface area contributed by atoms with E-state index in [2.05, 4.69) is 35.3 Å². The largest absolute Gasteiger partial charge is 0.466 e. The zero-order valence-corrected chi connectivity index (χ0v) is 13.6. The van der Waals surface area contributed by atoms with Crippen LogP contribution in [-0.2, 0) is 9.53 Å². The van der Waals surface area contributed by atoms with Crippen LogP contribution < -0.4 is 10.2 Å². The molecule has 2 aliphatic heterocycles. The second-order valence-electron chi connectivity index (χ2n) is 6.33. The summed E-state index contributed by atoms with van der Waals surface area (Å²) in [4.78, 5) is 14.2. The SMILES string of the molecule is CCOC(=O)CCN1c2ccc(C)cc2[C@@H]2CNCCC[C@@H]21. The van der Waals surface area contributed by atoms with E-state index >= 15 is 0 Å². The molecule has 1 fully saturated rings. The normalized spacial score (nSPS) is 23.6. The molecule has 2 heterocycles. The molecule has 0 aliphatic carbocycles. The molecule has 2 atom stereocenters. The van der Waals surface area contributed by atoms with Crippen LogP contribution in [0.5, 0.6) is 0 Å². The van der Waals surface area contributed by atoms with Gasteiger partial charge in [0.2, 0.25) is 0 Å². The Morgan fingerprint density at radius 1 is 1.45 bits per heavy atom. The molecule has 4 heteroatoms. The topological polar surface area (TPSA) is 41.6 Å². The summed E-state index contributed by atoms with van der Waals surface area (Å²) in [6.45, 7) is 7.37. The number of hydrogen-bond acceptors (Lipinski definition) is 4. The van der Waals surface area contributed by atoms with E-state index in [4.69, 9.17) is 4.74 Å². The molecule has 0 spiro atoms. The molecule has 0 saturated carbocycles. The quantitative estimate of drug-likeness (QED) is 0.868. The van der Waals surface area contributed by atoms with Crippen molar-refractivity contribution in [2.24, 2.45) is 0 Å². The number of carbonyl (C=O) groups excluding carboxylic acids is 1. The number of nitrogens with zero attached hydrogens (tertiary/aromatic N) is 1. The fourth-order valence-electron chi connectivity index (χ4n) is 3.86. The average Bonchev–Trinajstić information content (AvgIpc) is 2.66. The molecule has 120 valence electrons. The van der Waals surface area contributed by atoms with Crippen molar-refractivity contribution >= 4 is 11.7 Å². The Morgan fingerprint density at radius 3 is 3.14 bits per heavy atom. The molecule has 3 rings (SSSR count). The van der Waals surface area contributed by atoms with Gasteiger partial charge in [0.05, 0.1) is 13.0 Å². The van der Waals surface area contributed by atoms with Crippen LogP contribution in [0.4, 0.5) is 5.69 Å². The number of aryl methyl sites for hydroxylation is 1. The third-order valence-electron chi connectivity index (χ3n) is 4.84. The van der Waals surface area contributed by atoms with E-state index in [9.17, 15) is 4.79 Å². The maximum Gasteiger partial charge on any atom is 0.307 e. The summed E-state index contributed by atoms with van der Waals surface area (Å²) in [7, 11) is 0. The zero-order valence-electron chi connectivity index (χ0n) is 13.6. The highest BCUT2D eigenvalue weighted by molar-refractivity contribution is 5.71. The van der Waals surface area contributed by atoms with Crippen molar-refractivity contribution in [1.29, 1.82) is 0 Å². The molecule has 1 aromatic carbocycles. The molecule has 4 nitrogen and oxygen atoms in total. The summed E-state index contributed by atoms with van der Waals surface area (Å²) in [5.41, 5.74) is 4.07. The van der Waals surface area contributed by atoms with Gasteiger partial charge in [-0.3, -0.25) is 4.79 Å². The Morgan fingerprint density at radius 2 is 2.32 bits per heavy atom. The summed E-state index contributed by atoms with van der Waals surface area (Å²) in [5, 5.41) is 3.57. The summed E-state index contributed by atoms with van der Waals surface area (Å²) < 4.78 is 5.09. The van der Waals surface area contributed by atoms with Crippen molar-refractivity contribution in [1.82, 2.24) is 5.32 Å². The van der Waals surface area contributed by atoms with Crippen LogP contribution in [0.3, 0.4) is 0 Å². The van der Waals surface area contributed by atoms with Gasteiger partial charge < -0.3 is 15.0 Å². The number of carbonyl (C=O) groups is 1. The lowest BCUT2D eigenvalue weighted by Crippen LogP contribution is -2.37. The van der Waals surface area contributed by atoms with Gasteiger partial charge in [-0.2, -0.15) is 0 Å². The van der Waals surface area contributed by atoms with Crippen molar-refractivity contribution in [3.63, 3.8) is 0 Å². The van der Waals surface area contributed by atoms with Crippen molar-refractivity contribution in [2.45, 2.75) is 45.1 Å². The Balaban J connectivity index is 1.83. The lowest BCUT2D eigenvalue weighted by molar-refractivity contribution is -0.142. The van der Waals surface area contributed by atoms with E-state index in [1.807, 2.05) is 6.92 Å². The number of hydrogen-bond donors (Lipinski definition) is 1. The minimum atomic E-state index is -0.0913. The highest BCUT2D eigenvalue weighted by Gasteiger charge is 2.38. The van der Waals surface area contributed by atoms with E-state index in [1.165, 1.54) is 29.7 Å². The van der Waals surface area contributed by atoms with Gasteiger partial charge in [-0.25, -0.2) is 0 Å². The first-order valence-corrected chi connectivity index (χ1v) is 8.44. The molecular formula is C18H26N2O2. The standard InChI is InChI=1S/C18H26N2O2/c1-3-22-18(21)8-10-20-16-5-4-9-19-12-15(16)14-11-13(2)6-7-17(14)20/h6-7,11,15-16,19H,3-5,8-10,12H2,1-2H3/t15-,16-/m0/s1. The first-order valence-electron chi connectivity index (χ1n) is 8.44. The molecule has 0 amide bonds. The first kappa shape index (κ1) is 15.3. The van der Waals surface area contributed by atoms with Gasteiger partial charge in [0.25, 0.3) is 0 Å². The lowest BCUT2D eigenvalue weighted by Gasteiger charge is -2.29. The number of esters is 1. The minimum Gasteiger partial charge on any atom is -0.466 e. The number of anilines is 1.